The summed E-state index contributed by atoms with van der Waals surface area (Å²) in [5.41, 5.74) is -0.822. The van der Waals surface area contributed by atoms with Gasteiger partial charge in [0.2, 0.25) is 10.0 Å². The zero-order chi connectivity index (χ0) is 30.8. The van der Waals surface area contributed by atoms with Crippen LogP contribution in [0, 0.1) is 27.4 Å². The second kappa shape index (κ2) is 11.9. The lowest BCUT2D eigenvalue weighted by atomic mass is 9.80. The third-order valence-electron chi connectivity index (χ3n) is 7.76. The quantitative estimate of drug-likeness (QED) is 0.283. The summed E-state index contributed by atoms with van der Waals surface area (Å²) in [6, 6.07) is 13.8. The third kappa shape index (κ3) is 6.45. The molecule has 1 atom stereocenters. The van der Waals surface area contributed by atoms with E-state index in [0.717, 1.165) is 12.1 Å². The van der Waals surface area contributed by atoms with Gasteiger partial charge in [-0.2, -0.15) is 5.26 Å². The van der Waals surface area contributed by atoms with Crippen LogP contribution >= 0.6 is 0 Å². The van der Waals surface area contributed by atoms with Gasteiger partial charge in [-0.25, -0.2) is 17.9 Å². The van der Waals surface area contributed by atoms with Crippen LogP contribution in [0.3, 0.4) is 0 Å². The Bertz CT molecular complexity index is 1710. The Labute approximate surface area is 243 Å². The molecule has 4 rings (SSSR count). The van der Waals surface area contributed by atoms with E-state index in [1.54, 1.807) is 24.3 Å². The summed E-state index contributed by atoms with van der Waals surface area (Å²) in [7, 11) is -4.41. The summed E-state index contributed by atoms with van der Waals surface area (Å²) in [5.74, 6) is -0.310. The maximum Gasteiger partial charge on any atom is 0.407 e. The Morgan fingerprint density at radius 2 is 1.81 bits per heavy atom. The van der Waals surface area contributed by atoms with E-state index in [2.05, 4.69) is 10.8 Å². The van der Waals surface area contributed by atoms with Crippen molar-refractivity contribution < 1.29 is 23.2 Å². The molecule has 13 heteroatoms. The van der Waals surface area contributed by atoms with Gasteiger partial charge in [0.05, 0.1) is 22.1 Å². The highest BCUT2D eigenvalue weighted by Gasteiger charge is 2.39. The topological polar surface area (TPSA) is 176 Å². The Morgan fingerprint density at radius 1 is 1.17 bits per heavy atom. The predicted molar refractivity (Wildman–Crippen MR) is 155 cm³/mol. The largest absolute Gasteiger partial charge is 0.465 e. The fourth-order valence-electron chi connectivity index (χ4n) is 5.88. The third-order valence-corrected chi connectivity index (χ3v) is 9.30. The van der Waals surface area contributed by atoms with Crippen LogP contribution in [0.4, 0.5) is 10.5 Å². The normalized spacial score (nSPS) is 18.2. The molecule has 222 valence electrons. The second-order valence-electron chi connectivity index (χ2n) is 11.5. The van der Waals surface area contributed by atoms with E-state index in [1.807, 2.05) is 20.8 Å². The number of nitrogens with one attached hydrogen (secondary N) is 1. The van der Waals surface area contributed by atoms with Gasteiger partial charge in [-0.3, -0.25) is 14.9 Å². The van der Waals surface area contributed by atoms with Gasteiger partial charge in [0, 0.05) is 36.3 Å². The molecule has 2 N–H and O–H groups in total. The molecule has 1 unspecified atom stereocenters. The van der Waals surface area contributed by atoms with E-state index in [4.69, 9.17) is 0 Å². The van der Waals surface area contributed by atoms with Gasteiger partial charge in [0.1, 0.15) is 0 Å². The minimum absolute atomic E-state index is 0.0951. The van der Waals surface area contributed by atoms with E-state index in [1.165, 1.54) is 27.7 Å². The number of nitro benzene ring substituents is 1. The molecule has 1 amide bonds. The summed E-state index contributed by atoms with van der Waals surface area (Å²) in [5, 5.41) is 31.6. The molecule has 0 aliphatic heterocycles. The predicted octanol–water partition coefficient (Wildman–Crippen LogP) is 4.47. The van der Waals surface area contributed by atoms with Gasteiger partial charge in [-0.05, 0) is 82.0 Å². The fourth-order valence-corrected chi connectivity index (χ4v) is 7.34. The smallest absolute Gasteiger partial charge is 0.407 e. The van der Waals surface area contributed by atoms with Crippen LogP contribution < -0.4 is 10.3 Å². The number of carboxylic acid groups (broad SMARTS) is 1. The maximum atomic E-state index is 13.6. The van der Waals surface area contributed by atoms with Crippen molar-refractivity contribution in [3.8, 4) is 6.07 Å². The van der Waals surface area contributed by atoms with Crippen molar-refractivity contribution in [3.05, 3.63) is 80.6 Å². The SMILES string of the molecule is CC(C)(C)N(C(=O)O)[C@H]1CC[C@H](C(Cn2c(=O)ccc3ccc(C#N)cc32)NS(=O)(=O)c2ccccc2[N+](=O)[O-])CC1. The number of hydrogen-bond acceptors (Lipinski definition) is 7. The van der Waals surface area contributed by atoms with Crippen LogP contribution in [0.15, 0.2) is 64.3 Å². The number of amides is 1. The number of nitrogens with zero attached hydrogens (tertiary/aromatic N) is 4. The molecule has 0 spiro atoms. The van der Waals surface area contributed by atoms with Gasteiger partial charge < -0.3 is 14.6 Å². The van der Waals surface area contributed by atoms with Crippen molar-refractivity contribution in [2.24, 2.45) is 5.92 Å². The number of hydrogen-bond donors (Lipinski definition) is 2. The molecule has 1 aromatic heterocycles. The highest BCUT2D eigenvalue weighted by molar-refractivity contribution is 7.89. The number of benzene rings is 2. The van der Waals surface area contributed by atoms with Crippen molar-refractivity contribution in [3.63, 3.8) is 0 Å². The molecule has 3 aromatic rings. The Balaban J connectivity index is 1.74. The number of sulfonamides is 1. The summed E-state index contributed by atoms with van der Waals surface area (Å²) < 4.78 is 31.3. The highest BCUT2D eigenvalue weighted by atomic mass is 32.2. The van der Waals surface area contributed by atoms with E-state index in [9.17, 15) is 38.5 Å². The lowest BCUT2D eigenvalue weighted by Crippen LogP contribution is -2.53. The number of nitro groups is 1. The molecule has 0 radical (unpaired) electrons. The van der Waals surface area contributed by atoms with E-state index >= 15 is 0 Å². The van der Waals surface area contributed by atoms with Crippen LogP contribution in [0.25, 0.3) is 10.9 Å². The summed E-state index contributed by atoms with van der Waals surface area (Å²) in [6.07, 6.45) is 0.826. The minimum Gasteiger partial charge on any atom is -0.465 e. The van der Waals surface area contributed by atoms with Gasteiger partial charge in [0.25, 0.3) is 11.2 Å². The van der Waals surface area contributed by atoms with Crippen LogP contribution in [0.2, 0.25) is 0 Å². The molecule has 1 saturated carbocycles. The van der Waals surface area contributed by atoms with Gasteiger partial charge >= 0.3 is 6.09 Å². The Morgan fingerprint density at radius 3 is 2.40 bits per heavy atom. The number of carbonyl (C=O) groups is 1. The zero-order valence-corrected chi connectivity index (χ0v) is 24.4. The number of pyridine rings is 1. The van der Waals surface area contributed by atoms with Crippen molar-refractivity contribution in [2.45, 2.75) is 75.5 Å². The molecule has 0 bridgehead atoms. The molecule has 1 fully saturated rings. The summed E-state index contributed by atoms with van der Waals surface area (Å²) in [6.45, 7) is 5.36. The molecule has 1 aliphatic carbocycles. The zero-order valence-electron chi connectivity index (χ0n) is 23.6. The van der Waals surface area contributed by atoms with Gasteiger partial charge in [-0.15, -0.1) is 0 Å². The lowest BCUT2D eigenvalue weighted by Gasteiger charge is -2.43. The molecule has 1 aliphatic rings. The number of rotatable bonds is 8. The van der Waals surface area contributed by atoms with Crippen molar-refractivity contribution in [1.82, 2.24) is 14.2 Å². The first-order valence-electron chi connectivity index (χ1n) is 13.5. The Kier molecular flexibility index (Phi) is 8.70. The number of fused-ring (bicyclic) bond motifs is 1. The Hall–Kier alpha value is -4.28. The molecule has 12 nitrogen and oxygen atoms in total. The molecule has 42 heavy (non-hydrogen) atoms. The number of aromatic nitrogens is 1. The first-order valence-corrected chi connectivity index (χ1v) is 15.0. The maximum absolute atomic E-state index is 13.6. The highest BCUT2D eigenvalue weighted by Crippen LogP contribution is 2.34. The first kappa shape index (κ1) is 30.7. The monoisotopic (exact) mass is 595 g/mol. The summed E-state index contributed by atoms with van der Waals surface area (Å²) in [4.78, 5) is 37.0. The fraction of sp³-hybridized carbons (Fsp3) is 0.414. The van der Waals surface area contributed by atoms with E-state index in [0.29, 0.717) is 42.1 Å². The summed E-state index contributed by atoms with van der Waals surface area (Å²) >= 11 is 0. The van der Waals surface area contributed by atoms with Crippen LogP contribution in [-0.4, -0.2) is 51.6 Å². The standard InChI is InChI=1S/C29H33N5O7S/c1-29(2,3)33(28(36)37)22-13-10-20(11-14-22)23(31-42(40,41)26-7-5-4-6-24(26)34(38)39)18-32-25-16-19(17-30)8-9-21(25)12-15-27(32)35/h4-9,12,15-16,20,22-23,31H,10-11,13-14,18H2,1-3H3,(H,36,37)/t20-,22-,23?. The van der Waals surface area contributed by atoms with E-state index < -0.39 is 48.8 Å². The lowest BCUT2D eigenvalue weighted by molar-refractivity contribution is -0.387. The number of nitriles is 1. The van der Waals surface area contributed by atoms with Crippen LogP contribution in [0.5, 0.6) is 0 Å². The molecule has 0 saturated heterocycles. The molecular formula is C29H33N5O7S. The van der Waals surface area contributed by atoms with Gasteiger partial charge in [0.15, 0.2) is 4.90 Å². The van der Waals surface area contributed by atoms with Crippen molar-refractivity contribution in [1.29, 1.82) is 5.26 Å². The number of para-hydroxylation sites is 1. The van der Waals surface area contributed by atoms with Crippen LogP contribution in [-0.2, 0) is 16.6 Å². The van der Waals surface area contributed by atoms with E-state index in [-0.39, 0.29) is 18.5 Å². The minimum atomic E-state index is -4.41. The molecular weight excluding hydrogens is 562 g/mol. The average Bonchev–Trinajstić information content (AvgIpc) is 2.93. The van der Waals surface area contributed by atoms with Gasteiger partial charge in [-0.1, -0.05) is 18.2 Å². The van der Waals surface area contributed by atoms with Crippen LogP contribution in [0.1, 0.15) is 52.0 Å². The molecule has 2 aromatic carbocycles. The molecule has 1 heterocycles. The first-order chi connectivity index (χ1) is 19.7. The average molecular weight is 596 g/mol. The van der Waals surface area contributed by atoms with Crippen molar-refractivity contribution >= 4 is 32.7 Å². The second-order valence-corrected chi connectivity index (χ2v) is 13.2. The van der Waals surface area contributed by atoms with Crippen molar-refractivity contribution in [2.75, 3.05) is 0 Å².